The lowest BCUT2D eigenvalue weighted by Crippen LogP contribution is -2.52. The molecule has 2 saturated carbocycles. The van der Waals surface area contributed by atoms with Crippen molar-refractivity contribution in [3.8, 4) is 5.75 Å². The number of fused-ring (bicyclic) bond motifs is 2. The first kappa shape index (κ1) is 17.2. The van der Waals surface area contributed by atoms with Gasteiger partial charge in [0, 0.05) is 31.9 Å². The van der Waals surface area contributed by atoms with Gasteiger partial charge in [-0.2, -0.15) is 0 Å². The molecule has 1 aromatic carbocycles. The number of hydrogen-bond donors (Lipinski definition) is 1. The first-order valence-corrected chi connectivity index (χ1v) is 9.49. The Balaban J connectivity index is 1.39. The van der Waals surface area contributed by atoms with Crippen LogP contribution in [-0.2, 0) is 9.59 Å². The zero-order valence-electron chi connectivity index (χ0n) is 15.1. The standard InChI is InChI=1S/C20H26N2O4/c1-26-16-6-4-15(5-7-16)21-8-10-22(11-9-21)19(23)17-13-2-3-14(12-13)18(17)20(24)25/h4-7,13-14,17-18H,2-3,8-12H2,1H3,(H,24,25)/t13-,14-,17-,18+/m0/s1. The molecule has 0 aromatic heterocycles. The molecule has 140 valence electrons. The Bertz CT molecular complexity index is 682. The first-order valence-electron chi connectivity index (χ1n) is 9.49. The van der Waals surface area contributed by atoms with Crippen LogP contribution in [0.3, 0.4) is 0 Å². The number of ether oxygens (including phenoxy) is 1. The van der Waals surface area contributed by atoms with Gasteiger partial charge in [0.1, 0.15) is 5.75 Å². The number of amides is 1. The SMILES string of the molecule is COc1ccc(N2CCN(C(=O)[C@H]3[C@H]4CC[C@@H](C4)[C@H]3C(=O)O)CC2)cc1. The van der Waals surface area contributed by atoms with Gasteiger partial charge >= 0.3 is 5.97 Å². The lowest BCUT2D eigenvalue weighted by Gasteiger charge is -2.39. The van der Waals surface area contributed by atoms with Gasteiger partial charge in [0.25, 0.3) is 0 Å². The summed E-state index contributed by atoms with van der Waals surface area (Å²) in [6.07, 6.45) is 2.90. The van der Waals surface area contributed by atoms with Gasteiger partial charge in [0.05, 0.1) is 18.9 Å². The topological polar surface area (TPSA) is 70.1 Å². The fourth-order valence-electron chi connectivity index (χ4n) is 5.19. The van der Waals surface area contributed by atoms with E-state index in [1.54, 1.807) is 7.11 Å². The van der Waals surface area contributed by atoms with Crippen LogP contribution >= 0.6 is 0 Å². The molecule has 3 aliphatic rings. The molecule has 1 heterocycles. The zero-order chi connectivity index (χ0) is 18.3. The molecule has 2 aliphatic carbocycles. The second kappa shape index (κ2) is 6.82. The summed E-state index contributed by atoms with van der Waals surface area (Å²) in [5.41, 5.74) is 1.13. The van der Waals surface area contributed by atoms with Gasteiger partial charge in [-0.15, -0.1) is 0 Å². The van der Waals surface area contributed by atoms with E-state index in [1.807, 2.05) is 29.2 Å². The van der Waals surface area contributed by atoms with E-state index in [2.05, 4.69) is 4.90 Å². The number of carbonyl (C=O) groups excluding carboxylic acids is 1. The number of piperazine rings is 1. The maximum atomic E-state index is 13.1. The van der Waals surface area contributed by atoms with Gasteiger partial charge < -0.3 is 19.6 Å². The Labute approximate surface area is 153 Å². The molecular weight excluding hydrogens is 332 g/mol. The minimum absolute atomic E-state index is 0.0685. The summed E-state index contributed by atoms with van der Waals surface area (Å²) in [4.78, 5) is 28.9. The molecule has 1 aliphatic heterocycles. The highest BCUT2D eigenvalue weighted by atomic mass is 16.5. The molecule has 0 unspecified atom stereocenters. The predicted octanol–water partition coefficient (Wildman–Crippen LogP) is 2.09. The molecular formula is C20H26N2O4. The summed E-state index contributed by atoms with van der Waals surface area (Å²) in [5, 5.41) is 9.60. The van der Waals surface area contributed by atoms with Crippen LogP contribution in [0.4, 0.5) is 5.69 Å². The maximum absolute atomic E-state index is 13.1. The Kier molecular flexibility index (Phi) is 4.51. The fraction of sp³-hybridized carbons (Fsp3) is 0.600. The highest BCUT2D eigenvalue weighted by Crippen LogP contribution is 2.53. The van der Waals surface area contributed by atoms with Crippen LogP contribution in [0, 0.1) is 23.7 Å². The Morgan fingerprint density at radius 3 is 2.19 bits per heavy atom. The van der Waals surface area contributed by atoms with Crippen molar-refractivity contribution < 1.29 is 19.4 Å². The van der Waals surface area contributed by atoms with E-state index in [0.717, 1.165) is 43.8 Å². The van der Waals surface area contributed by atoms with Gasteiger partial charge in [-0.05, 0) is 55.4 Å². The summed E-state index contributed by atoms with van der Waals surface area (Å²) in [6.45, 7) is 2.86. The van der Waals surface area contributed by atoms with Gasteiger partial charge in [-0.25, -0.2) is 0 Å². The summed E-state index contributed by atoms with van der Waals surface area (Å²) in [5.74, 6) is -0.190. The van der Waals surface area contributed by atoms with Crippen molar-refractivity contribution in [2.24, 2.45) is 23.7 Å². The lowest BCUT2D eigenvalue weighted by molar-refractivity contribution is -0.153. The summed E-state index contributed by atoms with van der Waals surface area (Å²) in [7, 11) is 1.65. The lowest BCUT2D eigenvalue weighted by atomic mass is 9.78. The van der Waals surface area contributed by atoms with Crippen molar-refractivity contribution in [3.05, 3.63) is 24.3 Å². The molecule has 4 atom stereocenters. The Hall–Kier alpha value is -2.24. The highest BCUT2D eigenvalue weighted by Gasteiger charge is 2.54. The van der Waals surface area contributed by atoms with E-state index in [-0.39, 0.29) is 23.7 Å². The summed E-state index contributed by atoms with van der Waals surface area (Å²) < 4.78 is 5.20. The van der Waals surface area contributed by atoms with Crippen LogP contribution in [0.2, 0.25) is 0 Å². The molecule has 6 heteroatoms. The highest BCUT2D eigenvalue weighted by molar-refractivity contribution is 5.86. The Morgan fingerprint density at radius 2 is 1.62 bits per heavy atom. The van der Waals surface area contributed by atoms with E-state index in [4.69, 9.17) is 4.74 Å². The van der Waals surface area contributed by atoms with Crippen LogP contribution in [-0.4, -0.2) is 55.2 Å². The average molecular weight is 358 g/mol. The molecule has 0 spiro atoms. The van der Waals surface area contributed by atoms with Crippen molar-refractivity contribution in [2.45, 2.75) is 19.3 Å². The number of carbonyl (C=O) groups is 2. The van der Waals surface area contributed by atoms with E-state index in [0.29, 0.717) is 13.1 Å². The minimum Gasteiger partial charge on any atom is -0.497 e. The van der Waals surface area contributed by atoms with Gasteiger partial charge in [-0.3, -0.25) is 9.59 Å². The predicted molar refractivity (Wildman–Crippen MR) is 97.2 cm³/mol. The third-order valence-electron chi connectivity index (χ3n) is 6.52. The van der Waals surface area contributed by atoms with Crippen molar-refractivity contribution in [1.82, 2.24) is 4.90 Å². The summed E-state index contributed by atoms with van der Waals surface area (Å²) in [6, 6.07) is 7.96. The molecule has 3 fully saturated rings. The number of methoxy groups -OCH3 is 1. The Morgan fingerprint density at radius 1 is 1.00 bits per heavy atom. The molecule has 6 nitrogen and oxygen atoms in total. The average Bonchev–Trinajstić information content (AvgIpc) is 3.29. The van der Waals surface area contributed by atoms with Crippen molar-refractivity contribution in [2.75, 3.05) is 38.2 Å². The number of hydrogen-bond acceptors (Lipinski definition) is 4. The number of carboxylic acid groups (broad SMARTS) is 1. The number of anilines is 1. The molecule has 2 bridgehead atoms. The van der Waals surface area contributed by atoms with Gasteiger partial charge in [0.2, 0.25) is 5.91 Å². The number of nitrogens with zero attached hydrogens (tertiary/aromatic N) is 2. The third-order valence-corrected chi connectivity index (χ3v) is 6.52. The van der Waals surface area contributed by atoms with E-state index in [9.17, 15) is 14.7 Å². The van der Waals surface area contributed by atoms with Gasteiger partial charge in [0.15, 0.2) is 0 Å². The molecule has 26 heavy (non-hydrogen) atoms. The smallest absolute Gasteiger partial charge is 0.307 e. The molecule has 0 radical (unpaired) electrons. The van der Waals surface area contributed by atoms with E-state index < -0.39 is 11.9 Å². The number of benzene rings is 1. The van der Waals surface area contributed by atoms with Crippen molar-refractivity contribution in [3.63, 3.8) is 0 Å². The van der Waals surface area contributed by atoms with E-state index in [1.165, 1.54) is 0 Å². The van der Waals surface area contributed by atoms with Crippen LogP contribution in [0.25, 0.3) is 0 Å². The first-order chi connectivity index (χ1) is 12.6. The number of rotatable bonds is 4. The largest absolute Gasteiger partial charge is 0.497 e. The zero-order valence-corrected chi connectivity index (χ0v) is 15.1. The van der Waals surface area contributed by atoms with Gasteiger partial charge in [-0.1, -0.05) is 0 Å². The normalized spacial score (nSPS) is 30.5. The molecule has 1 amide bonds. The second-order valence-electron chi connectivity index (χ2n) is 7.73. The van der Waals surface area contributed by atoms with E-state index >= 15 is 0 Å². The maximum Gasteiger partial charge on any atom is 0.307 e. The monoisotopic (exact) mass is 358 g/mol. The fourth-order valence-corrected chi connectivity index (χ4v) is 5.19. The number of carboxylic acids is 1. The number of aliphatic carboxylic acids is 1. The van der Waals surface area contributed by atoms with Crippen LogP contribution < -0.4 is 9.64 Å². The molecule has 4 rings (SSSR count). The minimum atomic E-state index is -0.785. The van der Waals surface area contributed by atoms with Crippen LogP contribution in [0.5, 0.6) is 5.75 Å². The van der Waals surface area contributed by atoms with Crippen molar-refractivity contribution >= 4 is 17.6 Å². The molecule has 1 saturated heterocycles. The third kappa shape index (κ3) is 2.91. The van der Waals surface area contributed by atoms with Crippen molar-refractivity contribution in [1.29, 1.82) is 0 Å². The molecule has 1 aromatic rings. The van der Waals surface area contributed by atoms with Crippen LogP contribution in [0.1, 0.15) is 19.3 Å². The quantitative estimate of drug-likeness (QED) is 0.892. The molecule has 1 N–H and O–H groups in total. The summed E-state index contributed by atoms with van der Waals surface area (Å²) >= 11 is 0. The van der Waals surface area contributed by atoms with Crippen LogP contribution in [0.15, 0.2) is 24.3 Å². The second-order valence-corrected chi connectivity index (χ2v) is 7.73.